The van der Waals surface area contributed by atoms with Crippen molar-refractivity contribution in [1.82, 2.24) is 4.98 Å². The quantitative estimate of drug-likeness (QED) is 0.726. The van der Waals surface area contributed by atoms with Crippen molar-refractivity contribution in [2.75, 3.05) is 18.0 Å². The van der Waals surface area contributed by atoms with Crippen LogP contribution in [0.1, 0.15) is 12.8 Å². The van der Waals surface area contributed by atoms with Crippen LogP contribution < -0.4 is 10.6 Å². The van der Waals surface area contributed by atoms with Gasteiger partial charge in [-0.2, -0.15) is 0 Å². The number of hydrogen-bond donors (Lipinski definition) is 2. The topological polar surface area (TPSA) is 62.4 Å². The van der Waals surface area contributed by atoms with E-state index < -0.39 is 0 Å². The normalized spacial score (nSPS) is 21.5. The molecule has 0 aromatic carbocycles. The third kappa shape index (κ3) is 1.53. The molecule has 0 amide bonds. The van der Waals surface area contributed by atoms with Crippen LogP contribution in [0.5, 0.6) is 5.75 Å². The second-order valence-electron chi connectivity index (χ2n) is 3.57. The lowest BCUT2D eigenvalue weighted by Gasteiger charge is -2.24. The SMILES string of the molecule is NC[C@H]1CCCN1c1ncccc1O. The number of nitrogens with two attached hydrogens (primary N) is 1. The molecule has 1 aliphatic rings. The minimum Gasteiger partial charge on any atom is -0.504 e. The first-order valence-electron chi connectivity index (χ1n) is 4.93. The fourth-order valence-electron chi connectivity index (χ4n) is 1.97. The molecule has 1 fully saturated rings. The molecule has 1 aromatic rings. The van der Waals surface area contributed by atoms with E-state index in [0.717, 1.165) is 19.4 Å². The maximum Gasteiger partial charge on any atom is 0.171 e. The summed E-state index contributed by atoms with van der Waals surface area (Å²) in [6.45, 7) is 1.56. The Morgan fingerprint density at radius 1 is 1.64 bits per heavy atom. The third-order valence-corrected chi connectivity index (χ3v) is 2.69. The zero-order valence-corrected chi connectivity index (χ0v) is 8.06. The second-order valence-corrected chi connectivity index (χ2v) is 3.57. The molecule has 4 nitrogen and oxygen atoms in total. The highest BCUT2D eigenvalue weighted by Crippen LogP contribution is 2.29. The molecule has 76 valence electrons. The molecule has 0 bridgehead atoms. The van der Waals surface area contributed by atoms with Crippen LogP contribution in [0, 0.1) is 0 Å². The maximum atomic E-state index is 9.64. The van der Waals surface area contributed by atoms with Crippen LogP contribution >= 0.6 is 0 Å². The zero-order valence-electron chi connectivity index (χ0n) is 8.06. The number of aromatic hydroxyl groups is 1. The molecule has 0 spiro atoms. The van der Waals surface area contributed by atoms with Crippen LogP contribution in [-0.4, -0.2) is 29.2 Å². The average molecular weight is 193 g/mol. The van der Waals surface area contributed by atoms with Crippen LogP contribution in [0.3, 0.4) is 0 Å². The molecule has 1 aromatic heterocycles. The highest BCUT2D eigenvalue weighted by Gasteiger charge is 2.25. The van der Waals surface area contributed by atoms with Gasteiger partial charge in [0, 0.05) is 25.3 Å². The Morgan fingerprint density at radius 3 is 3.21 bits per heavy atom. The Labute approximate surface area is 83.4 Å². The summed E-state index contributed by atoms with van der Waals surface area (Å²) in [6.07, 6.45) is 3.91. The summed E-state index contributed by atoms with van der Waals surface area (Å²) in [4.78, 5) is 6.27. The molecule has 0 radical (unpaired) electrons. The number of nitrogens with zero attached hydrogens (tertiary/aromatic N) is 2. The van der Waals surface area contributed by atoms with Crippen molar-refractivity contribution in [2.24, 2.45) is 5.73 Å². The molecule has 3 N–H and O–H groups in total. The second kappa shape index (κ2) is 3.84. The molecular weight excluding hydrogens is 178 g/mol. The van der Waals surface area contributed by atoms with E-state index in [1.807, 2.05) is 0 Å². The lowest BCUT2D eigenvalue weighted by Crippen LogP contribution is -2.35. The predicted molar refractivity (Wildman–Crippen MR) is 55.3 cm³/mol. The smallest absolute Gasteiger partial charge is 0.171 e. The summed E-state index contributed by atoms with van der Waals surface area (Å²) in [7, 11) is 0. The first-order valence-corrected chi connectivity index (χ1v) is 4.93. The summed E-state index contributed by atoms with van der Waals surface area (Å²) < 4.78 is 0. The Bertz CT molecular complexity index is 316. The van der Waals surface area contributed by atoms with Gasteiger partial charge in [-0.3, -0.25) is 0 Å². The van der Waals surface area contributed by atoms with Gasteiger partial charge in [0.25, 0.3) is 0 Å². The van der Waals surface area contributed by atoms with Gasteiger partial charge in [-0.15, -0.1) is 0 Å². The lowest BCUT2D eigenvalue weighted by atomic mass is 10.2. The van der Waals surface area contributed by atoms with E-state index >= 15 is 0 Å². The van der Waals surface area contributed by atoms with Gasteiger partial charge in [0.1, 0.15) is 0 Å². The Hall–Kier alpha value is -1.29. The number of aromatic nitrogens is 1. The Balaban J connectivity index is 2.26. The molecule has 1 aliphatic heterocycles. The molecule has 14 heavy (non-hydrogen) atoms. The Kier molecular flexibility index (Phi) is 2.54. The van der Waals surface area contributed by atoms with Gasteiger partial charge < -0.3 is 15.7 Å². The predicted octanol–water partition coefficient (Wildman–Crippen LogP) is 0.715. The van der Waals surface area contributed by atoms with Crippen LogP contribution in [0.4, 0.5) is 5.82 Å². The van der Waals surface area contributed by atoms with Crippen LogP contribution in [0.15, 0.2) is 18.3 Å². The van der Waals surface area contributed by atoms with Crippen molar-refractivity contribution in [1.29, 1.82) is 0 Å². The van der Waals surface area contributed by atoms with Gasteiger partial charge >= 0.3 is 0 Å². The number of rotatable bonds is 2. The minimum atomic E-state index is 0.243. The molecule has 2 heterocycles. The van der Waals surface area contributed by atoms with Crippen LogP contribution in [0.25, 0.3) is 0 Å². The monoisotopic (exact) mass is 193 g/mol. The van der Waals surface area contributed by atoms with Crippen molar-refractivity contribution in [2.45, 2.75) is 18.9 Å². The zero-order chi connectivity index (χ0) is 9.97. The van der Waals surface area contributed by atoms with Gasteiger partial charge in [-0.1, -0.05) is 0 Å². The third-order valence-electron chi connectivity index (χ3n) is 2.69. The van der Waals surface area contributed by atoms with Crippen LogP contribution in [0.2, 0.25) is 0 Å². The van der Waals surface area contributed by atoms with Crippen molar-refractivity contribution >= 4 is 5.82 Å². The summed E-state index contributed by atoms with van der Waals surface area (Å²) in [5.74, 6) is 0.910. The van der Waals surface area contributed by atoms with E-state index in [1.165, 1.54) is 0 Å². The van der Waals surface area contributed by atoms with Gasteiger partial charge in [0.05, 0.1) is 0 Å². The minimum absolute atomic E-state index is 0.243. The van der Waals surface area contributed by atoms with Crippen molar-refractivity contribution in [3.8, 4) is 5.75 Å². The number of anilines is 1. The van der Waals surface area contributed by atoms with Crippen molar-refractivity contribution < 1.29 is 5.11 Å². The van der Waals surface area contributed by atoms with E-state index in [9.17, 15) is 5.11 Å². The largest absolute Gasteiger partial charge is 0.504 e. The summed E-state index contributed by atoms with van der Waals surface area (Å²) in [6, 6.07) is 3.72. The molecule has 0 saturated carbocycles. The average Bonchev–Trinajstić information content (AvgIpc) is 2.66. The van der Waals surface area contributed by atoms with E-state index in [0.29, 0.717) is 18.4 Å². The number of hydrogen-bond acceptors (Lipinski definition) is 4. The first-order chi connectivity index (χ1) is 6.83. The van der Waals surface area contributed by atoms with E-state index in [4.69, 9.17) is 5.73 Å². The highest BCUT2D eigenvalue weighted by atomic mass is 16.3. The van der Waals surface area contributed by atoms with E-state index in [1.54, 1.807) is 18.3 Å². The van der Waals surface area contributed by atoms with E-state index in [-0.39, 0.29) is 5.75 Å². The molecule has 1 saturated heterocycles. The fraction of sp³-hybridized carbons (Fsp3) is 0.500. The molecule has 0 aliphatic carbocycles. The maximum absolute atomic E-state index is 9.64. The van der Waals surface area contributed by atoms with Crippen molar-refractivity contribution in [3.63, 3.8) is 0 Å². The van der Waals surface area contributed by atoms with Gasteiger partial charge in [0.15, 0.2) is 11.6 Å². The van der Waals surface area contributed by atoms with Gasteiger partial charge in [-0.25, -0.2) is 4.98 Å². The number of pyridine rings is 1. The molecule has 0 unspecified atom stereocenters. The lowest BCUT2D eigenvalue weighted by molar-refractivity contribution is 0.469. The summed E-state index contributed by atoms with van der Waals surface area (Å²) >= 11 is 0. The molecule has 2 rings (SSSR count). The Morgan fingerprint density at radius 2 is 2.50 bits per heavy atom. The first kappa shape index (κ1) is 9.27. The highest BCUT2D eigenvalue weighted by molar-refractivity contribution is 5.52. The molecule has 1 atom stereocenters. The fourth-order valence-corrected chi connectivity index (χ4v) is 1.97. The van der Waals surface area contributed by atoms with Crippen LogP contribution in [-0.2, 0) is 0 Å². The van der Waals surface area contributed by atoms with E-state index in [2.05, 4.69) is 9.88 Å². The standard InChI is InChI=1S/C10H15N3O/c11-7-8-3-2-6-13(8)10-9(14)4-1-5-12-10/h1,4-5,8,14H,2-3,6-7,11H2/t8-/m1/s1. The van der Waals surface area contributed by atoms with Gasteiger partial charge in [0.2, 0.25) is 0 Å². The molecular formula is C10H15N3O. The molecule has 4 heteroatoms. The summed E-state index contributed by atoms with van der Waals surface area (Å²) in [5, 5.41) is 9.64. The summed E-state index contributed by atoms with van der Waals surface area (Å²) in [5.41, 5.74) is 5.66. The van der Waals surface area contributed by atoms with Gasteiger partial charge in [-0.05, 0) is 25.0 Å². The van der Waals surface area contributed by atoms with Crippen molar-refractivity contribution in [3.05, 3.63) is 18.3 Å².